The highest BCUT2D eigenvalue weighted by atomic mass is 16.5. The summed E-state index contributed by atoms with van der Waals surface area (Å²) in [5.41, 5.74) is 6.39. The third-order valence-electron chi connectivity index (χ3n) is 3.79. The molecule has 0 bridgehead atoms. The summed E-state index contributed by atoms with van der Waals surface area (Å²) in [5, 5.41) is 7.34. The van der Waals surface area contributed by atoms with E-state index in [9.17, 15) is 0 Å². The quantitative estimate of drug-likeness (QED) is 0.621. The van der Waals surface area contributed by atoms with Crippen LogP contribution in [0.1, 0.15) is 33.3 Å². The molecule has 0 aliphatic carbocycles. The van der Waals surface area contributed by atoms with Gasteiger partial charge in [-0.05, 0) is 43.7 Å². The van der Waals surface area contributed by atoms with Crippen LogP contribution >= 0.6 is 0 Å². The van der Waals surface area contributed by atoms with Gasteiger partial charge < -0.3 is 10.5 Å². The van der Waals surface area contributed by atoms with Gasteiger partial charge in [0.2, 0.25) is 0 Å². The van der Waals surface area contributed by atoms with Gasteiger partial charge in [0.1, 0.15) is 18.2 Å². The van der Waals surface area contributed by atoms with Crippen LogP contribution in [0.2, 0.25) is 0 Å². The molecule has 0 spiro atoms. The third-order valence-corrected chi connectivity index (χ3v) is 3.79. The molecule has 4 nitrogen and oxygen atoms in total. The van der Waals surface area contributed by atoms with Gasteiger partial charge in [0.15, 0.2) is 0 Å². The highest BCUT2D eigenvalue weighted by molar-refractivity contribution is 5.94. The molecule has 0 aliphatic rings. The van der Waals surface area contributed by atoms with Crippen molar-refractivity contribution < 1.29 is 4.74 Å². The number of benzene rings is 1. The van der Waals surface area contributed by atoms with Crippen LogP contribution in [0, 0.1) is 10.8 Å². The maximum Gasteiger partial charge on any atom is 0.122 e. The van der Waals surface area contributed by atoms with Gasteiger partial charge in [-0.25, -0.2) is 0 Å². The summed E-state index contributed by atoms with van der Waals surface area (Å²) in [6.45, 7) is 10.5. The fourth-order valence-electron chi connectivity index (χ4n) is 1.89. The lowest BCUT2D eigenvalue weighted by atomic mass is 9.87. The van der Waals surface area contributed by atoms with E-state index < -0.39 is 0 Å². The first-order valence-electron chi connectivity index (χ1n) is 6.99. The topological polar surface area (TPSA) is 62.3 Å². The Balaban J connectivity index is 2.42. The van der Waals surface area contributed by atoms with Gasteiger partial charge in [0.25, 0.3) is 0 Å². The van der Waals surface area contributed by atoms with Gasteiger partial charge in [0.05, 0.1) is 0 Å². The van der Waals surface area contributed by atoms with E-state index in [0.29, 0.717) is 12.6 Å². The van der Waals surface area contributed by atoms with Crippen LogP contribution in [0.3, 0.4) is 0 Å². The van der Waals surface area contributed by atoms with Crippen LogP contribution in [-0.4, -0.2) is 37.0 Å². The molecule has 1 unspecified atom stereocenters. The molecule has 1 rings (SSSR count). The van der Waals surface area contributed by atoms with Crippen molar-refractivity contribution in [3.8, 4) is 5.75 Å². The van der Waals surface area contributed by atoms with Gasteiger partial charge in [-0.15, -0.1) is 0 Å². The summed E-state index contributed by atoms with van der Waals surface area (Å²) < 4.78 is 5.72. The van der Waals surface area contributed by atoms with Crippen LogP contribution < -0.4 is 10.5 Å². The van der Waals surface area contributed by atoms with Crippen molar-refractivity contribution in [2.45, 2.75) is 33.7 Å². The number of likely N-dealkylation sites (N-methyl/N-ethyl adjacent to an activating group) is 1. The molecule has 112 valence electrons. The van der Waals surface area contributed by atoms with Crippen molar-refractivity contribution in [1.82, 2.24) is 4.90 Å². The van der Waals surface area contributed by atoms with E-state index in [1.807, 2.05) is 12.1 Å². The summed E-state index contributed by atoms with van der Waals surface area (Å²) in [6, 6.07) is 7.80. The van der Waals surface area contributed by atoms with E-state index in [2.05, 4.69) is 39.6 Å². The van der Waals surface area contributed by atoms with Crippen molar-refractivity contribution in [2.75, 3.05) is 20.2 Å². The number of hydrogen-bond acceptors (Lipinski definition) is 3. The van der Waals surface area contributed by atoms with Crippen LogP contribution in [0.25, 0.3) is 0 Å². The molecule has 1 aromatic carbocycles. The monoisotopic (exact) mass is 277 g/mol. The summed E-state index contributed by atoms with van der Waals surface area (Å²) >= 11 is 0. The molecule has 0 amide bonds. The minimum absolute atomic E-state index is 0.0790. The molecule has 1 atom stereocenters. The summed E-state index contributed by atoms with van der Waals surface area (Å²) in [4.78, 5) is 2.31. The van der Waals surface area contributed by atoms with Crippen LogP contribution in [-0.2, 0) is 0 Å². The van der Waals surface area contributed by atoms with Gasteiger partial charge in [-0.2, -0.15) is 0 Å². The SMILES string of the molecule is CC(N(C)CCOc1ccc(C(=N)N)cc1)C(C)(C)C. The Hall–Kier alpha value is -1.55. The Kier molecular flexibility index (Phi) is 5.57. The molecule has 0 aliphatic heterocycles. The van der Waals surface area contributed by atoms with Crippen molar-refractivity contribution >= 4 is 5.84 Å². The molecule has 1 aromatic rings. The second kappa shape index (κ2) is 6.75. The Morgan fingerprint density at radius 1 is 1.30 bits per heavy atom. The van der Waals surface area contributed by atoms with E-state index >= 15 is 0 Å². The normalized spacial score (nSPS) is 13.3. The average Bonchev–Trinajstić information content (AvgIpc) is 2.37. The lowest BCUT2D eigenvalue weighted by Gasteiger charge is -2.35. The maximum absolute atomic E-state index is 7.34. The van der Waals surface area contributed by atoms with E-state index in [4.69, 9.17) is 15.9 Å². The van der Waals surface area contributed by atoms with Crippen LogP contribution in [0.5, 0.6) is 5.75 Å². The Labute approximate surface area is 122 Å². The van der Waals surface area contributed by atoms with Crippen molar-refractivity contribution in [3.63, 3.8) is 0 Å². The second-order valence-corrected chi connectivity index (χ2v) is 6.31. The summed E-state index contributed by atoms with van der Waals surface area (Å²) in [5.74, 6) is 0.891. The lowest BCUT2D eigenvalue weighted by molar-refractivity contribution is 0.121. The Morgan fingerprint density at radius 3 is 2.30 bits per heavy atom. The zero-order chi connectivity index (χ0) is 15.3. The Morgan fingerprint density at radius 2 is 1.85 bits per heavy atom. The first-order valence-corrected chi connectivity index (χ1v) is 6.99. The van der Waals surface area contributed by atoms with Gasteiger partial charge in [-0.3, -0.25) is 10.3 Å². The standard InChI is InChI=1S/C16H27N3O/c1-12(16(2,3)4)19(5)10-11-20-14-8-6-13(7-9-14)15(17)18/h6-9,12H,10-11H2,1-5H3,(H3,17,18). The molecule has 0 fully saturated rings. The summed E-state index contributed by atoms with van der Waals surface area (Å²) in [6.07, 6.45) is 0. The average molecular weight is 277 g/mol. The molecule has 3 N–H and O–H groups in total. The van der Waals surface area contributed by atoms with E-state index in [0.717, 1.165) is 17.9 Å². The van der Waals surface area contributed by atoms with Gasteiger partial charge >= 0.3 is 0 Å². The van der Waals surface area contributed by atoms with Crippen molar-refractivity contribution in [1.29, 1.82) is 5.41 Å². The number of nitrogen functional groups attached to an aromatic ring is 1. The first-order chi connectivity index (χ1) is 9.21. The highest BCUT2D eigenvalue weighted by Gasteiger charge is 2.23. The van der Waals surface area contributed by atoms with Gasteiger partial charge in [-0.1, -0.05) is 20.8 Å². The number of nitrogens with zero attached hydrogens (tertiary/aromatic N) is 1. The smallest absolute Gasteiger partial charge is 0.122 e. The Bertz CT molecular complexity index is 434. The minimum Gasteiger partial charge on any atom is -0.492 e. The highest BCUT2D eigenvalue weighted by Crippen LogP contribution is 2.22. The van der Waals surface area contributed by atoms with E-state index in [-0.39, 0.29) is 11.3 Å². The number of rotatable bonds is 6. The molecule has 0 aromatic heterocycles. The van der Waals surface area contributed by atoms with Crippen LogP contribution in [0.4, 0.5) is 0 Å². The fraction of sp³-hybridized carbons (Fsp3) is 0.562. The zero-order valence-electron chi connectivity index (χ0n) is 13.2. The maximum atomic E-state index is 7.34. The molecular formula is C16H27N3O. The fourth-order valence-corrected chi connectivity index (χ4v) is 1.89. The molecule has 20 heavy (non-hydrogen) atoms. The third kappa shape index (κ3) is 4.85. The predicted octanol–water partition coefficient (Wildman–Crippen LogP) is 2.72. The van der Waals surface area contributed by atoms with E-state index in [1.54, 1.807) is 12.1 Å². The van der Waals surface area contributed by atoms with Crippen LogP contribution in [0.15, 0.2) is 24.3 Å². The van der Waals surface area contributed by atoms with Crippen molar-refractivity contribution in [3.05, 3.63) is 29.8 Å². The number of amidine groups is 1. The molecule has 0 saturated heterocycles. The molecular weight excluding hydrogens is 250 g/mol. The number of ether oxygens (including phenoxy) is 1. The minimum atomic E-state index is 0.0790. The molecule has 0 radical (unpaired) electrons. The van der Waals surface area contributed by atoms with E-state index in [1.165, 1.54) is 0 Å². The summed E-state index contributed by atoms with van der Waals surface area (Å²) in [7, 11) is 2.12. The number of nitrogens with two attached hydrogens (primary N) is 1. The second-order valence-electron chi connectivity index (χ2n) is 6.31. The van der Waals surface area contributed by atoms with Gasteiger partial charge in [0, 0.05) is 18.2 Å². The molecule has 0 heterocycles. The number of nitrogens with one attached hydrogen (secondary N) is 1. The largest absolute Gasteiger partial charge is 0.492 e. The predicted molar refractivity (Wildman–Crippen MR) is 84.5 cm³/mol. The molecule has 4 heteroatoms. The molecule has 0 saturated carbocycles. The first kappa shape index (κ1) is 16.5. The lowest BCUT2D eigenvalue weighted by Crippen LogP contribution is -2.41. The zero-order valence-corrected chi connectivity index (χ0v) is 13.2. The van der Waals surface area contributed by atoms with Crippen molar-refractivity contribution in [2.24, 2.45) is 11.1 Å². The number of hydrogen-bond donors (Lipinski definition) is 2.